The summed E-state index contributed by atoms with van der Waals surface area (Å²) in [5.41, 5.74) is 0.0923. The highest BCUT2D eigenvalue weighted by Gasteiger charge is 2.32. The van der Waals surface area contributed by atoms with Gasteiger partial charge in [0.1, 0.15) is 0 Å². The third-order valence-electron chi connectivity index (χ3n) is 3.75. The first-order chi connectivity index (χ1) is 9.46. The summed E-state index contributed by atoms with van der Waals surface area (Å²) in [5, 5.41) is 8.85. The van der Waals surface area contributed by atoms with Gasteiger partial charge in [-0.2, -0.15) is 4.31 Å². The minimum Gasteiger partial charge on any atom is -0.478 e. The van der Waals surface area contributed by atoms with Crippen LogP contribution in [0.25, 0.3) is 0 Å². The maximum Gasteiger partial charge on any atom is 0.335 e. The van der Waals surface area contributed by atoms with Crippen LogP contribution in [0.1, 0.15) is 43.0 Å². The Morgan fingerprint density at radius 1 is 1.30 bits per heavy atom. The molecular formula is C14H19NO4S. The molecule has 110 valence electrons. The minimum atomic E-state index is -3.53. The van der Waals surface area contributed by atoms with Gasteiger partial charge in [-0.1, -0.05) is 13.3 Å². The third-order valence-corrected chi connectivity index (χ3v) is 5.72. The van der Waals surface area contributed by atoms with Crippen molar-refractivity contribution in [2.24, 2.45) is 0 Å². The van der Waals surface area contributed by atoms with Crippen LogP contribution in [-0.4, -0.2) is 36.4 Å². The van der Waals surface area contributed by atoms with Gasteiger partial charge in [-0.3, -0.25) is 0 Å². The van der Waals surface area contributed by atoms with Crippen LogP contribution in [-0.2, 0) is 10.0 Å². The van der Waals surface area contributed by atoms with E-state index in [2.05, 4.69) is 0 Å². The molecule has 0 aliphatic carbocycles. The summed E-state index contributed by atoms with van der Waals surface area (Å²) < 4.78 is 26.8. The quantitative estimate of drug-likeness (QED) is 0.925. The molecule has 1 aromatic rings. The standard InChI is InChI=1S/C14H19NO4S/c1-2-12-5-3-4-10-15(12)20(18,19)13-8-6-11(7-9-13)14(16)17/h6-9,12H,2-5,10H2,1H3,(H,16,17)/t12-/m0/s1. The molecule has 1 aliphatic heterocycles. The van der Waals surface area contributed by atoms with E-state index in [-0.39, 0.29) is 16.5 Å². The maximum absolute atomic E-state index is 12.6. The Morgan fingerprint density at radius 3 is 2.50 bits per heavy atom. The highest BCUT2D eigenvalue weighted by atomic mass is 32.2. The second-order valence-corrected chi connectivity index (χ2v) is 6.89. The average Bonchev–Trinajstić information content (AvgIpc) is 2.47. The second-order valence-electron chi connectivity index (χ2n) is 5.00. The lowest BCUT2D eigenvalue weighted by Crippen LogP contribution is -2.43. The van der Waals surface area contributed by atoms with E-state index in [1.165, 1.54) is 24.3 Å². The van der Waals surface area contributed by atoms with Crippen molar-refractivity contribution in [1.29, 1.82) is 0 Å². The van der Waals surface area contributed by atoms with Gasteiger partial charge >= 0.3 is 5.97 Å². The molecular weight excluding hydrogens is 278 g/mol. The molecule has 2 rings (SSSR count). The number of sulfonamides is 1. The summed E-state index contributed by atoms with van der Waals surface area (Å²) in [6.45, 7) is 2.54. The van der Waals surface area contributed by atoms with Gasteiger partial charge in [-0.25, -0.2) is 13.2 Å². The van der Waals surface area contributed by atoms with Gasteiger partial charge < -0.3 is 5.11 Å². The number of nitrogens with zero attached hydrogens (tertiary/aromatic N) is 1. The van der Waals surface area contributed by atoms with Crippen LogP contribution < -0.4 is 0 Å². The molecule has 1 atom stereocenters. The Morgan fingerprint density at radius 2 is 1.95 bits per heavy atom. The molecule has 5 nitrogen and oxygen atoms in total. The van der Waals surface area contributed by atoms with Crippen molar-refractivity contribution in [3.8, 4) is 0 Å². The van der Waals surface area contributed by atoms with Gasteiger partial charge in [0.2, 0.25) is 10.0 Å². The van der Waals surface area contributed by atoms with E-state index in [4.69, 9.17) is 5.11 Å². The second kappa shape index (κ2) is 5.93. The topological polar surface area (TPSA) is 74.7 Å². The largest absolute Gasteiger partial charge is 0.478 e. The van der Waals surface area contributed by atoms with Crippen molar-refractivity contribution < 1.29 is 18.3 Å². The van der Waals surface area contributed by atoms with Gasteiger partial charge in [-0.15, -0.1) is 0 Å². The number of aromatic carboxylic acids is 1. The average molecular weight is 297 g/mol. The lowest BCUT2D eigenvalue weighted by atomic mass is 10.0. The van der Waals surface area contributed by atoms with Crippen molar-refractivity contribution in [2.75, 3.05) is 6.54 Å². The van der Waals surface area contributed by atoms with Gasteiger partial charge in [-0.05, 0) is 43.5 Å². The normalized spacial score (nSPS) is 20.8. The van der Waals surface area contributed by atoms with Crippen molar-refractivity contribution in [3.63, 3.8) is 0 Å². The number of rotatable bonds is 4. The smallest absolute Gasteiger partial charge is 0.335 e. The maximum atomic E-state index is 12.6. The number of benzene rings is 1. The fraction of sp³-hybridized carbons (Fsp3) is 0.500. The van der Waals surface area contributed by atoms with E-state index >= 15 is 0 Å². The first-order valence-corrected chi connectivity index (χ1v) is 8.26. The van der Waals surface area contributed by atoms with Crippen molar-refractivity contribution in [1.82, 2.24) is 4.31 Å². The molecule has 0 aromatic heterocycles. The molecule has 1 fully saturated rings. The fourth-order valence-electron chi connectivity index (χ4n) is 2.60. The SMILES string of the molecule is CC[C@H]1CCCCN1S(=O)(=O)c1ccc(C(=O)O)cc1. The van der Waals surface area contributed by atoms with Crippen LogP contribution >= 0.6 is 0 Å². The first-order valence-electron chi connectivity index (χ1n) is 6.82. The number of carboxylic acid groups (broad SMARTS) is 1. The fourth-order valence-corrected chi connectivity index (χ4v) is 4.37. The van der Waals surface area contributed by atoms with Crippen LogP contribution in [0.15, 0.2) is 29.2 Å². The van der Waals surface area contributed by atoms with E-state index in [9.17, 15) is 13.2 Å². The highest BCUT2D eigenvalue weighted by Crippen LogP contribution is 2.27. The molecule has 1 N–H and O–H groups in total. The molecule has 0 spiro atoms. The van der Waals surface area contributed by atoms with Crippen LogP contribution in [0.2, 0.25) is 0 Å². The van der Waals surface area contributed by atoms with Gasteiger partial charge in [0.15, 0.2) is 0 Å². The number of hydrogen-bond acceptors (Lipinski definition) is 3. The minimum absolute atomic E-state index is 0.0490. The van der Waals surface area contributed by atoms with Crippen molar-refractivity contribution in [3.05, 3.63) is 29.8 Å². The monoisotopic (exact) mass is 297 g/mol. The van der Waals surface area contributed by atoms with Crippen molar-refractivity contribution in [2.45, 2.75) is 43.5 Å². The molecule has 0 radical (unpaired) electrons. The summed E-state index contributed by atoms with van der Waals surface area (Å²) in [6.07, 6.45) is 3.63. The zero-order valence-electron chi connectivity index (χ0n) is 11.4. The Hall–Kier alpha value is -1.40. The van der Waals surface area contributed by atoms with Crippen LogP contribution in [0, 0.1) is 0 Å². The molecule has 0 saturated carbocycles. The van der Waals surface area contributed by atoms with E-state index in [1.807, 2.05) is 6.92 Å². The Kier molecular flexibility index (Phi) is 4.45. The molecule has 1 heterocycles. The Balaban J connectivity index is 2.31. The van der Waals surface area contributed by atoms with E-state index in [0.717, 1.165) is 25.7 Å². The lowest BCUT2D eigenvalue weighted by molar-refractivity contribution is 0.0696. The van der Waals surface area contributed by atoms with Gasteiger partial charge in [0.05, 0.1) is 10.5 Å². The molecule has 0 unspecified atom stereocenters. The number of carboxylic acids is 1. The summed E-state index contributed by atoms with van der Waals surface area (Å²) in [7, 11) is -3.53. The Bertz CT molecular complexity index is 580. The summed E-state index contributed by atoms with van der Waals surface area (Å²) in [5.74, 6) is -1.06. The first kappa shape index (κ1) is 15.0. The van der Waals surface area contributed by atoms with Crippen LogP contribution in [0.3, 0.4) is 0 Å². The van der Waals surface area contributed by atoms with E-state index in [0.29, 0.717) is 6.54 Å². The molecule has 1 aromatic carbocycles. The van der Waals surface area contributed by atoms with Crippen molar-refractivity contribution >= 4 is 16.0 Å². The lowest BCUT2D eigenvalue weighted by Gasteiger charge is -2.34. The summed E-state index contributed by atoms with van der Waals surface area (Å²) in [6, 6.07) is 5.47. The molecule has 1 saturated heterocycles. The summed E-state index contributed by atoms with van der Waals surface area (Å²) >= 11 is 0. The highest BCUT2D eigenvalue weighted by molar-refractivity contribution is 7.89. The third kappa shape index (κ3) is 2.86. The summed E-state index contributed by atoms with van der Waals surface area (Å²) in [4.78, 5) is 11.0. The zero-order valence-corrected chi connectivity index (χ0v) is 12.3. The molecule has 1 aliphatic rings. The van der Waals surface area contributed by atoms with E-state index < -0.39 is 16.0 Å². The zero-order chi connectivity index (χ0) is 14.8. The molecule has 0 amide bonds. The predicted molar refractivity (Wildman–Crippen MR) is 75.2 cm³/mol. The van der Waals surface area contributed by atoms with Gasteiger partial charge in [0.25, 0.3) is 0 Å². The van der Waals surface area contributed by atoms with Crippen LogP contribution in [0.5, 0.6) is 0 Å². The predicted octanol–water partition coefficient (Wildman–Crippen LogP) is 2.34. The van der Waals surface area contributed by atoms with E-state index in [1.54, 1.807) is 4.31 Å². The molecule has 20 heavy (non-hydrogen) atoms. The Labute approximate surface area is 119 Å². The van der Waals surface area contributed by atoms with Gasteiger partial charge in [0, 0.05) is 12.6 Å². The molecule has 6 heteroatoms. The number of hydrogen-bond donors (Lipinski definition) is 1. The number of carbonyl (C=O) groups is 1. The van der Waals surface area contributed by atoms with Crippen LogP contribution in [0.4, 0.5) is 0 Å². The molecule has 0 bridgehead atoms. The number of piperidine rings is 1.